The van der Waals surface area contributed by atoms with E-state index in [9.17, 15) is 0 Å². The zero-order valence-electron chi connectivity index (χ0n) is 14.4. The van der Waals surface area contributed by atoms with Crippen molar-refractivity contribution in [2.24, 2.45) is 5.92 Å². The molecule has 1 unspecified atom stereocenters. The van der Waals surface area contributed by atoms with Crippen LogP contribution >= 0.6 is 0 Å². The first-order chi connectivity index (χ1) is 8.99. The molecule has 0 heterocycles. The van der Waals surface area contributed by atoms with Gasteiger partial charge in [-0.3, -0.25) is 0 Å². The molecule has 0 aliphatic carbocycles. The van der Waals surface area contributed by atoms with Crippen LogP contribution in [-0.2, 0) is 0 Å². The molecule has 0 spiro atoms. The summed E-state index contributed by atoms with van der Waals surface area (Å²) >= 11 is 0. The van der Waals surface area contributed by atoms with Gasteiger partial charge in [0, 0.05) is 5.54 Å². The number of rotatable bonds is 12. The predicted octanol–water partition coefficient (Wildman–Crippen LogP) is 5.93. The number of hydrogen-bond acceptors (Lipinski definition) is 1. The molecule has 0 aromatic rings. The Hall–Kier alpha value is -0.0400. The molecule has 0 amide bonds. The number of hydrogen-bond donors (Lipinski definition) is 1. The third-order valence-electron chi connectivity index (χ3n) is 3.96. The van der Waals surface area contributed by atoms with Crippen LogP contribution in [0.15, 0.2) is 0 Å². The molecule has 0 aliphatic rings. The molecule has 0 fully saturated rings. The summed E-state index contributed by atoms with van der Waals surface area (Å²) in [5.74, 6) is 0.874. The summed E-state index contributed by atoms with van der Waals surface area (Å²) in [7, 11) is 0. The van der Waals surface area contributed by atoms with Gasteiger partial charge < -0.3 is 5.32 Å². The van der Waals surface area contributed by atoms with Gasteiger partial charge in [-0.2, -0.15) is 0 Å². The minimum Gasteiger partial charge on any atom is -0.312 e. The van der Waals surface area contributed by atoms with Crippen LogP contribution in [0, 0.1) is 5.92 Å². The lowest BCUT2D eigenvalue weighted by atomic mass is 9.96. The molecule has 1 atom stereocenters. The summed E-state index contributed by atoms with van der Waals surface area (Å²) in [5.41, 5.74) is 0.271. The van der Waals surface area contributed by atoms with E-state index in [0.717, 1.165) is 5.92 Å². The lowest BCUT2D eigenvalue weighted by Crippen LogP contribution is -2.39. The Morgan fingerprint density at radius 1 is 0.789 bits per heavy atom. The van der Waals surface area contributed by atoms with Crippen molar-refractivity contribution in [3.8, 4) is 0 Å². The zero-order chi connectivity index (χ0) is 14.6. The highest BCUT2D eigenvalue weighted by molar-refractivity contribution is 4.72. The zero-order valence-corrected chi connectivity index (χ0v) is 14.4. The Kier molecular flexibility index (Phi) is 11.7. The van der Waals surface area contributed by atoms with Crippen LogP contribution in [0.1, 0.15) is 98.8 Å². The van der Waals surface area contributed by atoms with E-state index in [1.54, 1.807) is 0 Å². The maximum absolute atomic E-state index is 3.65. The summed E-state index contributed by atoms with van der Waals surface area (Å²) in [5, 5.41) is 3.65. The highest BCUT2D eigenvalue weighted by Crippen LogP contribution is 2.16. The molecule has 0 saturated carbocycles. The third-order valence-corrected chi connectivity index (χ3v) is 3.96. The Balaban J connectivity index is 3.41. The molecular weight excluding hydrogens is 230 g/mol. The molecule has 0 saturated heterocycles. The molecule has 0 radical (unpaired) electrons. The van der Waals surface area contributed by atoms with Crippen LogP contribution in [0.3, 0.4) is 0 Å². The average molecular weight is 270 g/mol. The van der Waals surface area contributed by atoms with Gasteiger partial charge in [0.05, 0.1) is 0 Å². The molecule has 0 aromatic heterocycles. The summed E-state index contributed by atoms with van der Waals surface area (Å²) in [6.07, 6.45) is 14.2. The smallest absolute Gasteiger partial charge is 0.00966 e. The van der Waals surface area contributed by atoms with Crippen LogP contribution in [0.4, 0.5) is 0 Å². The van der Waals surface area contributed by atoms with Crippen molar-refractivity contribution in [3.63, 3.8) is 0 Å². The minimum atomic E-state index is 0.271. The van der Waals surface area contributed by atoms with Crippen molar-refractivity contribution in [3.05, 3.63) is 0 Å². The van der Waals surface area contributed by atoms with Crippen molar-refractivity contribution in [2.45, 2.75) is 104 Å². The van der Waals surface area contributed by atoms with E-state index in [4.69, 9.17) is 0 Å². The fourth-order valence-electron chi connectivity index (χ4n) is 2.47. The normalized spacial score (nSPS) is 13.7. The van der Waals surface area contributed by atoms with Gasteiger partial charge in [-0.1, -0.05) is 71.6 Å². The van der Waals surface area contributed by atoms with E-state index >= 15 is 0 Å². The van der Waals surface area contributed by atoms with E-state index in [1.807, 2.05) is 0 Å². The SMILES string of the molecule is CCCCCCCCCCC(CC)CNC(C)(C)C. The average Bonchev–Trinajstić information content (AvgIpc) is 2.35. The lowest BCUT2D eigenvalue weighted by molar-refractivity contribution is 0.344. The van der Waals surface area contributed by atoms with Crippen LogP contribution < -0.4 is 5.32 Å². The van der Waals surface area contributed by atoms with Crippen LogP contribution in [-0.4, -0.2) is 12.1 Å². The first-order valence-electron chi connectivity index (χ1n) is 8.74. The molecule has 0 bridgehead atoms. The lowest BCUT2D eigenvalue weighted by Gasteiger charge is -2.24. The van der Waals surface area contributed by atoms with Crippen LogP contribution in [0.25, 0.3) is 0 Å². The van der Waals surface area contributed by atoms with Gasteiger partial charge in [-0.15, -0.1) is 0 Å². The van der Waals surface area contributed by atoms with Gasteiger partial charge in [-0.25, -0.2) is 0 Å². The van der Waals surface area contributed by atoms with Crippen molar-refractivity contribution < 1.29 is 0 Å². The third kappa shape index (κ3) is 14.2. The molecule has 0 aliphatic heterocycles. The molecule has 1 heteroatoms. The van der Waals surface area contributed by atoms with Crippen LogP contribution in [0.5, 0.6) is 0 Å². The van der Waals surface area contributed by atoms with E-state index in [0.29, 0.717) is 0 Å². The summed E-state index contributed by atoms with van der Waals surface area (Å²) in [6, 6.07) is 0. The van der Waals surface area contributed by atoms with E-state index in [1.165, 1.54) is 70.8 Å². The second-order valence-electron chi connectivity index (χ2n) is 7.17. The van der Waals surface area contributed by atoms with E-state index < -0.39 is 0 Å². The fraction of sp³-hybridized carbons (Fsp3) is 1.00. The Bertz CT molecular complexity index is 181. The van der Waals surface area contributed by atoms with Gasteiger partial charge in [0.15, 0.2) is 0 Å². The summed E-state index contributed by atoms with van der Waals surface area (Å²) in [6.45, 7) is 12.6. The van der Waals surface area contributed by atoms with Gasteiger partial charge >= 0.3 is 0 Å². The first kappa shape index (κ1) is 19.0. The topological polar surface area (TPSA) is 12.0 Å². The molecule has 1 nitrogen and oxygen atoms in total. The second-order valence-corrected chi connectivity index (χ2v) is 7.17. The maximum Gasteiger partial charge on any atom is 0.00966 e. The maximum atomic E-state index is 3.65. The van der Waals surface area contributed by atoms with Gasteiger partial charge in [-0.05, 0) is 39.7 Å². The van der Waals surface area contributed by atoms with E-state index in [2.05, 4.69) is 39.9 Å². The number of nitrogens with one attached hydrogen (secondary N) is 1. The standard InChI is InChI=1S/C18H39N/c1-6-8-9-10-11-12-13-14-15-17(7-2)16-19-18(3,4)5/h17,19H,6-16H2,1-5H3. The highest BCUT2D eigenvalue weighted by Gasteiger charge is 2.12. The van der Waals surface area contributed by atoms with Gasteiger partial charge in [0.2, 0.25) is 0 Å². The largest absolute Gasteiger partial charge is 0.312 e. The Labute approximate surface area is 122 Å². The quantitative estimate of drug-likeness (QED) is 0.433. The Morgan fingerprint density at radius 3 is 1.79 bits per heavy atom. The molecule has 1 N–H and O–H groups in total. The molecule has 116 valence electrons. The van der Waals surface area contributed by atoms with Crippen molar-refractivity contribution >= 4 is 0 Å². The monoisotopic (exact) mass is 269 g/mol. The van der Waals surface area contributed by atoms with Crippen molar-refractivity contribution in [1.29, 1.82) is 0 Å². The van der Waals surface area contributed by atoms with Gasteiger partial charge in [0.25, 0.3) is 0 Å². The second kappa shape index (κ2) is 11.8. The fourth-order valence-corrected chi connectivity index (χ4v) is 2.47. The predicted molar refractivity (Wildman–Crippen MR) is 88.8 cm³/mol. The highest BCUT2D eigenvalue weighted by atomic mass is 14.9. The Morgan fingerprint density at radius 2 is 1.32 bits per heavy atom. The van der Waals surface area contributed by atoms with E-state index in [-0.39, 0.29) is 5.54 Å². The summed E-state index contributed by atoms with van der Waals surface area (Å²) in [4.78, 5) is 0. The van der Waals surface area contributed by atoms with Crippen molar-refractivity contribution in [2.75, 3.05) is 6.54 Å². The summed E-state index contributed by atoms with van der Waals surface area (Å²) < 4.78 is 0. The first-order valence-corrected chi connectivity index (χ1v) is 8.74. The molecule has 0 aromatic carbocycles. The van der Waals surface area contributed by atoms with Gasteiger partial charge in [0.1, 0.15) is 0 Å². The van der Waals surface area contributed by atoms with Crippen LogP contribution in [0.2, 0.25) is 0 Å². The molecule has 0 rings (SSSR count). The molecule has 19 heavy (non-hydrogen) atoms. The molecular formula is C18H39N. The van der Waals surface area contributed by atoms with Crippen molar-refractivity contribution in [1.82, 2.24) is 5.32 Å². The number of unbranched alkanes of at least 4 members (excludes halogenated alkanes) is 7. The minimum absolute atomic E-state index is 0.271.